The topological polar surface area (TPSA) is 66.5 Å². The maximum Gasteiger partial charge on any atom is 0.416 e. The van der Waals surface area contributed by atoms with E-state index in [0.29, 0.717) is 4.34 Å². The standard InChI is InChI=1S/C17H14ClF3N2O3S2/c1-23(28(25,26)16-8-7-14(18)27-16)11-15(24)22-9-3-5-12-4-2-6-13(10-12)17(19,20)21/h2,4,6-8,10H,9,11H2,1H3,(H,22,24). The number of amides is 1. The molecule has 0 unspecified atom stereocenters. The minimum absolute atomic E-state index is 0.0112. The van der Waals surface area contributed by atoms with Crippen molar-refractivity contribution in [2.75, 3.05) is 20.1 Å². The highest BCUT2D eigenvalue weighted by Crippen LogP contribution is 2.29. The number of rotatable bonds is 5. The zero-order valence-corrected chi connectivity index (χ0v) is 16.8. The normalized spacial score (nSPS) is 11.8. The molecule has 2 aromatic rings. The van der Waals surface area contributed by atoms with Crippen molar-refractivity contribution in [1.82, 2.24) is 9.62 Å². The predicted octanol–water partition coefficient (Wildman–Crippen LogP) is 3.21. The summed E-state index contributed by atoms with van der Waals surface area (Å²) >= 11 is 6.60. The van der Waals surface area contributed by atoms with E-state index in [2.05, 4.69) is 17.2 Å². The summed E-state index contributed by atoms with van der Waals surface area (Å²) in [5.41, 5.74) is -0.665. The zero-order chi connectivity index (χ0) is 20.9. The molecule has 2 rings (SSSR count). The van der Waals surface area contributed by atoms with Crippen LogP contribution < -0.4 is 5.32 Å². The van der Waals surface area contributed by atoms with Gasteiger partial charge in [-0.2, -0.15) is 17.5 Å². The van der Waals surface area contributed by atoms with Gasteiger partial charge in [-0.05, 0) is 30.3 Å². The highest BCUT2D eigenvalue weighted by molar-refractivity contribution is 7.91. The van der Waals surface area contributed by atoms with Crippen molar-refractivity contribution >= 4 is 38.9 Å². The smallest absolute Gasteiger partial charge is 0.344 e. The van der Waals surface area contributed by atoms with Gasteiger partial charge in [0.2, 0.25) is 5.91 Å². The van der Waals surface area contributed by atoms with Crippen molar-refractivity contribution in [3.8, 4) is 11.8 Å². The number of benzene rings is 1. The Morgan fingerprint density at radius 3 is 2.61 bits per heavy atom. The summed E-state index contributed by atoms with van der Waals surface area (Å²) in [4.78, 5) is 11.9. The van der Waals surface area contributed by atoms with Crippen molar-refractivity contribution in [2.24, 2.45) is 0 Å². The molecule has 5 nitrogen and oxygen atoms in total. The van der Waals surface area contributed by atoms with Gasteiger partial charge in [-0.3, -0.25) is 4.79 Å². The fraction of sp³-hybridized carbons (Fsp3) is 0.235. The fourth-order valence-electron chi connectivity index (χ4n) is 2.00. The van der Waals surface area contributed by atoms with Crippen molar-refractivity contribution in [1.29, 1.82) is 0 Å². The lowest BCUT2D eigenvalue weighted by Crippen LogP contribution is -2.38. The summed E-state index contributed by atoms with van der Waals surface area (Å²) in [7, 11) is -2.59. The lowest BCUT2D eigenvalue weighted by atomic mass is 10.1. The minimum Gasteiger partial charge on any atom is -0.344 e. The Morgan fingerprint density at radius 2 is 2.00 bits per heavy atom. The van der Waals surface area contributed by atoms with E-state index in [0.717, 1.165) is 27.8 Å². The number of thiophene rings is 1. The van der Waals surface area contributed by atoms with Gasteiger partial charge in [0.25, 0.3) is 10.0 Å². The molecule has 28 heavy (non-hydrogen) atoms. The molecule has 0 saturated heterocycles. The van der Waals surface area contributed by atoms with E-state index in [4.69, 9.17) is 11.6 Å². The van der Waals surface area contributed by atoms with Gasteiger partial charge in [0.15, 0.2) is 0 Å². The molecule has 1 N–H and O–H groups in total. The Kier molecular flexibility index (Phi) is 7.11. The van der Waals surface area contributed by atoms with Gasteiger partial charge in [0.05, 0.1) is 23.0 Å². The summed E-state index contributed by atoms with van der Waals surface area (Å²) in [6.07, 6.45) is -4.46. The van der Waals surface area contributed by atoms with Gasteiger partial charge in [-0.25, -0.2) is 8.42 Å². The second-order valence-electron chi connectivity index (χ2n) is 5.48. The number of alkyl halides is 3. The molecule has 0 radical (unpaired) electrons. The average molecular weight is 451 g/mol. The Balaban J connectivity index is 1.91. The number of hydrogen-bond acceptors (Lipinski definition) is 4. The molecule has 1 aromatic carbocycles. The van der Waals surface area contributed by atoms with Crippen LogP contribution in [0.25, 0.3) is 0 Å². The molecule has 0 fully saturated rings. The number of nitrogens with one attached hydrogen (secondary N) is 1. The van der Waals surface area contributed by atoms with E-state index in [1.165, 1.54) is 31.3 Å². The molecule has 0 atom stereocenters. The molecule has 0 aliphatic carbocycles. The van der Waals surface area contributed by atoms with Gasteiger partial charge in [0.1, 0.15) is 4.21 Å². The van der Waals surface area contributed by atoms with Crippen molar-refractivity contribution in [2.45, 2.75) is 10.4 Å². The van der Waals surface area contributed by atoms with Crippen LogP contribution in [0.2, 0.25) is 4.34 Å². The molecule has 0 saturated carbocycles. The SMILES string of the molecule is CN(CC(=O)NCC#Cc1cccc(C(F)(F)F)c1)S(=O)(=O)c1ccc(Cl)s1. The van der Waals surface area contributed by atoms with Crippen LogP contribution in [0, 0.1) is 11.8 Å². The summed E-state index contributed by atoms with van der Waals surface area (Å²) in [6, 6.07) is 7.28. The maximum atomic E-state index is 12.6. The minimum atomic E-state index is -4.46. The Hall–Kier alpha value is -2.06. The van der Waals surface area contributed by atoms with Crippen LogP contribution in [-0.2, 0) is 21.0 Å². The number of carbonyl (C=O) groups excluding carboxylic acids is 1. The van der Waals surface area contributed by atoms with E-state index < -0.39 is 34.2 Å². The molecule has 0 aliphatic heterocycles. The second-order valence-corrected chi connectivity index (χ2v) is 9.46. The van der Waals surface area contributed by atoms with Crippen molar-refractivity contribution < 1.29 is 26.4 Å². The largest absolute Gasteiger partial charge is 0.416 e. The first-order chi connectivity index (χ1) is 13.0. The van der Waals surface area contributed by atoms with Crippen molar-refractivity contribution in [3.05, 3.63) is 51.9 Å². The number of halogens is 4. The van der Waals surface area contributed by atoms with E-state index in [1.807, 2.05) is 0 Å². The van der Waals surface area contributed by atoms with E-state index in [9.17, 15) is 26.4 Å². The summed E-state index contributed by atoms with van der Waals surface area (Å²) in [5.74, 6) is 4.44. The van der Waals surface area contributed by atoms with Gasteiger partial charge in [0, 0.05) is 12.6 Å². The lowest BCUT2D eigenvalue weighted by molar-refractivity contribution is -0.137. The Labute approximate surface area is 169 Å². The molecule has 1 aromatic heterocycles. The van der Waals surface area contributed by atoms with Crippen LogP contribution in [-0.4, -0.2) is 38.8 Å². The van der Waals surface area contributed by atoms with Crippen LogP contribution in [0.4, 0.5) is 13.2 Å². The number of hydrogen-bond donors (Lipinski definition) is 1. The third-order valence-electron chi connectivity index (χ3n) is 3.38. The molecule has 1 amide bonds. The average Bonchev–Trinajstić information content (AvgIpc) is 3.05. The first-order valence-electron chi connectivity index (χ1n) is 7.64. The maximum absolute atomic E-state index is 12.6. The number of sulfonamides is 1. The Morgan fingerprint density at radius 1 is 1.29 bits per heavy atom. The zero-order valence-electron chi connectivity index (χ0n) is 14.4. The van der Waals surface area contributed by atoms with Gasteiger partial charge in [-0.15, -0.1) is 11.3 Å². The van der Waals surface area contributed by atoms with Crippen LogP contribution in [0.3, 0.4) is 0 Å². The number of nitrogens with zero attached hydrogens (tertiary/aromatic N) is 1. The van der Waals surface area contributed by atoms with Crippen LogP contribution in [0.5, 0.6) is 0 Å². The highest BCUT2D eigenvalue weighted by Gasteiger charge is 2.30. The molecule has 11 heteroatoms. The van der Waals surface area contributed by atoms with Gasteiger partial charge >= 0.3 is 6.18 Å². The molecular weight excluding hydrogens is 437 g/mol. The first-order valence-corrected chi connectivity index (χ1v) is 10.3. The fourth-order valence-corrected chi connectivity index (χ4v) is 4.82. The number of carbonyl (C=O) groups is 1. The molecule has 0 spiro atoms. The molecule has 0 bridgehead atoms. The number of likely N-dealkylation sites (N-methyl/N-ethyl adjacent to an activating group) is 1. The highest BCUT2D eigenvalue weighted by atomic mass is 35.5. The van der Waals surface area contributed by atoms with Crippen LogP contribution in [0.15, 0.2) is 40.6 Å². The first kappa shape index (κ1) is 22.2. The monoisotopic (exact) mass is 450 g/mol. The van der Waals surface area contributed by atoms with E-state index in [1.54, 1.807) is 0 Å². The van der Waals surface area contributed by atoms with Gasteiger partial charge in [-0.1, -0.05) is 29.5 Å². The Bertz CT molecular complexity index is 1020. The van der Waals surface area contributed by atoms with Crippen LogP contribution >= 0.6 is 22.9 Å². The van der Waals surface area contributed by atoms with Gasteiger partial charge < -0.3 is 5.32 Å². The predicted molar refractivity (Wildman–Crippen MR) is 100 cm³/mol. The third kappa shape index (κ3) is 5.97. The van der Waals surface area contributed by atoms with E-state index >= 15 is 0 Å². The molecule has 0 aliphatic rings. The lowest BCUT2D eigenvalue weighted by Gasteiger charge is -2.15. The quantitative estimate of drug-likeness (QED) is 0.711. The molecule has 150 valence electrons. The third-order valence-corrected chi connectivity index (χ3v) is 6.88. The molecular formula is C17H14ClF3N2O3S2. The second kappa shape index (κ2) is 8.96. The van der Waals surface area contributed by atoms with Crippen LogP contribution in [0.1, 0.15) is 11.1 Å². The summed E-state index contributed by atoms with van der Waals surface area (Å²) < 4.78 is 63.7. The summed E-state index contributed by atoms with van der Waals surface area (Å²) in [6.45, 7) is -0.586. The van der Waals surface area contributed by atoms with Crippen molar-refractivity contribution in [3.63, 3.8) is 0 Å². The molecule has 1 heterocycles. The van der Waals surface area contributed by atoms with E-state index in [-0.39, 0.29) is 16.3 Å². The summed E-state index contributed by atoms with van der Waals surface area (Å²) in [5, 5.41) is 2.39.